The predicted octanol–water partition coefficient (Wildman–Crippen LogP) is 6.25. The fourth-order valence-electron chi connectivity index (χ4n) is 3.10. The first-order valence-electron chi connectivity index (χ1n) is 9.63. The number of rotatable bonds is 5. The van der Waals surface area contributed by atoms with Crippen molar-refractivity contribution in [3.63, 3.8) is 0 Å². The van der Waals surface area contributed by atoms with Crippen molar-refractivity contribution in [1.29, 1.82) is 0 Å². The molecule has 0 aromatic heterocycles. The Balaban J connectivity index is 0.00000136. The second-order valence-corrected chi connectivity index (χ2v) is 6.62. The smallest absolute Gasteiger partial charge is 0.263 e. The quantitative estimate of drug-likeness (QED) is 0.587. The van der Waals surface area contributed by atoms with Crippen LogP contribution in [-0.4, -0.2) is 18.3 Å². The number of halogens is 3. The van der Waals surface area contributed by atoms with Crippen LogP contribution in [0.25, 0.3) is 0 Å². The topological polar surface area (TPSA) is 38.7 Å². The molecule has 0 bridgehead atoms. The first-order chi connectivity index (χ1) is 13.5. The highest BCUT2D eigenvalue weighted by Gasteiger charge is 2.22. The van der Waals surface area contributed by atoms with Crippen LogP contribution in [-0.2, 0) is 0 Å². The molecule has 2 aromatic rings. The standard InChI is InChI=1S/C19H22F3N3O.C2H6/c1-13-9-11-24(12-10-13)18-16(20)3-2-4-17(18)23-25(26)15-7-5-14(6-8-15)19(21)22;1-2/h2-8,13,19,23,26H,9-12H2,1H3;1-2H3. The first kappa shape index (κ1) is 21.9. The van der Waals surface area contributed by atoms with Crippen molar-refractivity contribution in [2.75, 3.05) is 28.6 Å². The van der Waals surface area contributed by atoms with Crippen LogP contribution in [0, 0.1) is 11.7 Å². The lowest BCUT2D eigenvalue weighted by Gasteiger charge is -2.34. The fraction of sp³-hybridized carbons (Fsp3) is 0.429. The van der Waals surface area contributed by atoms with Gasteiger partial charge in [-0.3, -0.25) is 10.6 Å². The van der Waals surface area contributed by atoms with Gasteiger partial charge in [-0.1, -0.05) is 39.0 Å². The SMILES string of the molecule is CC.CC1CCN(c2c(F)cccc2NN(O)c2ccc(C(F)F)cc2)CC1. The molecular weight excluding hydrogens is 367 g/mol. The van der Waals surface area contributed by atoms with E-state index in [-0.39, 0.29) is 17.1 Å². The Morgan fingerprint density at radius 1 is 1.07 bits per heavy atom. The van der Waals surface area contributed by atoms with Gasteiger partial charge in [0.2, 0.25) is 0 Å². The maximum atomic E-state index is 14.5. The lowest BCUT2D eigenvalue weighted by molar-refractivity contribution is 0.151. The molecule has 3 rings (SSSR count). The Bertz CT molecular complexity index is 732. The zero-order chi connectivity index (χ0) is 20.7. The molecule has 1 heterocycles. The number of para-hydroxylation sites is 1. The normalized spacial score (nSPS) is 14.5. The third-order valence-electron chi connectivity index (χ3n) is 4.70. The summed E-state index contributed by atoms with van der Waals surface area (Å²) in [6, 6.07) is 9.84. The van der Waals surface area contributed by atoms with E-state index < -0.39 is 6.43 Å². The number of piperidine rings is 1. The molecular formula is C21H28F3N3O. The van der Waals surface area contributed by atoms with Gasteiger partial charge in [0.15, 0.2) is 0 Å². The van der Waals surface area contributed by atoms with Crippen molar-refractivity contribution < 1.29 is 18.4 Å². The van der Waals surface area contributed by atoms with Crippen LogP contribution in [0.5, 0.6) is 0 Å². The summed E-state index contributed by atoms with van der Waals surface area (Å²) >= 11 is 0. The summed E-state index contributed by atoms with van der Waals surface area (Å²) in [5.41, 5.74) is 3.71. The van der Waals surface area contributed by atoms with Gasteiger partial charge in [0.05, 0.1) is 17.1 Å². The molecule has 0 spiro atoms. The number of hydrazine groups is 1. The van der Waals surface area contributed by atoms with E-state index in [1.165, 1.54) is 30.3 Å². The predicted molar refractivity (Wildman–Crippen MR) is 108 cm³/mol. The van der Waals surface area contributed by atoms with Crippen molar-refractivity contribution in [2.45, 2.75) is 40.0 Å². The van der Waals surface area contributed by atoms with Gasteiger partial charge >= 0.3 is 0 Å². The first-order valence-corrected chi connectivity index (χ1v) is 9.63. The van der Waals surface area contributed by atoms with Crippen molar-refractivity contribution in [2.24, 2.45) is 5.92 Å². The summed E-state index contributed by atoms with van der Waals surface area (Å²) in [5, 5.41) is 11.0. The molecule has 1 aliphatic rings. The highest BCUT2D eigenvalue weighted by atomic mass is 19.3. The fourth-order valence-corrected chi connectivity index (χ4v) is 3.10. The lowest BCUT2D eigenvalue weighted by atomic mass is 9.98. The lowest BCUT2D eigenvalue weighted by Crippen LogP contribution is -2.35. The van der Waals surface area contributed by atoms with Crippen LogP contribution in [0.2, 0.25) is 0 Å². The van der Waals surface area contributed by atoms with Crippen molar-refractivity contribution >= 4 is 17.1 Å². The van der Waals surface area contributed by atoms with Crippen LogP contribution < -0.4 is 15.5 Å². The van der Waals surface area contributed by atoms with Gasteiger partial charge in [-0.25, -0.2) is 13.2 Å². The molecule has 0 unspecified atom stereocenters. The highest BCUT2D eigenvalue weighted by molar-refractivity contribution is 5.72. The van der Waals surface area contributed by atoms with Gasteiger partial charge in [-0.2, -0.15) is 5.17 Å². The van der Waals surface area contributed by atoms with E-state index in [0.717, 1.165) is 25.9 Å². The number of hydrogen-bond acceptors (Lipinski definition) is 4. The zero-order valence-corrected chi connectivity index (χ0v) is 16.5. The Labute approximate surface area is 164 Å². The third kappa shape index (κ3) is 5.32. The van der Waals surface area contributed by atoms with E-state index in [9.17, 15) is 18.4 Å². The summed E-state index contributed by atoms with van der Waals surface area (Å²) in [5.74, 6) is 0.239. The third-order valence-corrected chi connectivity index (χ3v) is 4.70. The Hall–Kier alpha value is -2.41. The molecule has 1 fully saturated rings. The van der Waals surface area contributed by atoms with Gasteiger partial charge < -0.3 is 4.90 Å². The molecule has 2 aromatic carbocycles. The summed E-state index contributed by atoms with van der Waals surface area (Å²) in [7, 11) is 0. The van der Waals surface area contributed by atoms with E-state index in [1.807, 2.05) is 18.7 Å². The summed E-state index contributed by atoms with van der Waals surface area (Å²) in [4.78, 5) is 1.96. The Morgan fingerprint density at radius 3 is 2.25 bits per heavy atom. The summed E-state index contributed by atoms with van der Waals surface area (Å²) in [6.07, 6.45) is -0.613. The molecule has 0 saturated carbocycles. The minimum Gasteiger partial charge on any atom is -0.367 e. The highest BCUT2D eigenvalue weighted by Crippen LogP contribution is 2.33. The number of alkyl halides is 2. The molecule has 0 atom stereocenters. The second-order valence-electron chi connectivity index (χ2n) is 6.62. The average Bonchev–Trinajstić information content (AvgIpc) is 2.71. The number of nitrogens with one attached hydrogen (secondary N) is 1. The zero-order valence-electron chi connectivity index (χ0n) is 16.5. The number of hydrogen-bond donors (Lipinski definition) is 2. The molecule has 1 saturated heterocycles. The maximum absolute atomic E-state index is 14.5. The van der Waals surface area contributed by atoms with E-state index in [0.29, 0.717) is 22.5 Å². The van der Waals surface area contributed by atoms with Gasteiger partial charge in [-0.15, -0.1) is 0 Å². The maximum Gasteiger partial charge on any atom is 0.263 e. The molecule has 0 aliphatic carbocycles. The van der Waals surface area contributed by atoms with Gasteiger partial charge in [0.25, 0.3) is 6.43 Å². The van der Waals surface area contributed by atoms with Gasteiger partial charge in [0, 0.05) is 18.7 Å². The van der Waals surface area contributed by atoms with Gasteiger partial charge in [0.1, 0.15) is 5.82 Å². The average molecular weight is 395 g/mol. The number of benzene rings is 2. The van der Waals surface area contributed by atoms with Gasteiger partial charge in [-0.05, 0) is 43.0 Å². The van der Waals surface area contributed by atoms with E-state index in [4.69, 9.17) is 0 Å². The summed E-state index contributed by atoms with van der Waals surface area (Å²) < 4.78 is 39.7. The van der Waals surface area contributed by atoms with Crippen molar-refractivity contribution in [3.8, 4) is 0 Å². The van der Waals surface area contributed by atoms with Crippen LogP contribution in [0.3, 0.4) is 0 Å². The molecule has 0 amide bonds. The molecule has 1 aliphatic heterocycles. The molecule has 4 nitrogen and oxygen atoms in total. The molecule has 2 N–H and O–H groups in total. The largest absolute Gasteiger partial charge is 0.367 e. The van der Waals surface area contributed by atoms with E-state index >= 15 is 0 Å². The molecule has 154 valence electrons. The number of nitrogens with zero attached hydrogens (tertiary/aromatic N) is 2. The minimum atomic E-state index is -2.57. The molecule has 7 heteroatoms. The van der Waals surface area contributed by atoms with Crippen LogP contribution in [0.15, 0.2) is 42.5 Å². The van der Waals surface area contributed by atoms with E-state index in [2.05, 4.69) is 12.3 Å². The molecule has 28 heavy (non-hydrogen) atoms. The summed E-state index contributed by atoms with van der Waals surface area (Å²) in [6.45, 7) is 7.66. The second kappa shape index (κ2) is 10.2. The van der Waals surface area contributed by atoms with E-state index in [1.54, 1.807) is 12.1 Å². The number of anilines is 3. The monoisotopic (exact) mass is 395 g/mol. The van der Waals surface area contributed by atoms with Crippen molar-refractivity contribution in [1.82, 2.24) is 0 Å². The minimum absolute atomic E-state index is 0.129. The van der Waals surface area contributed by atoms with Crippen LogP contribution in [0.4, 0.5) is 30.2 Å². The Kier molecular flexibility index (Phi) is 7.99. The van der Waals surface area contributed by atoms with Crippen LogP contribution in [0.1, 0.15) is 45.6 Å². The Morgan fingerprint density at radius 2 is 1.68 bits per heavy atom. The van der Waals surface area contributed by atoms with Crippen molar-refractivity contribution in [3.05, 3.63) is 53.8 Å². The van der Waals surface area contributed by atoms with Crippen LogP contribution >= 0.6 is 0 Å². The molecule has 0 radical (unpaired) electrons.